The van der Waals surface area contributed by atoms with Gasteiger partial charge in [0.1, 0.15) is 0 Å². The molecule has 5 nitrogen and oxygen atoms in total. The average Bonchev–Trinajstić information content (AvgIpc) is 2.39. The van der Waals surface area contributed by atoms with E-state index in [4.69, 9.17) is 4.74 Å². The van der Waals surface area contributed by atoms with E-state index in [1.807, 2.05) is 6.92 Å². The Kier molecular flexibility index (Phi) is 4.81. The average molecular weight is 279 g/mol. The molecule has 0 aliphatic carbocycles. The number of rotatable bonds is 5. The van der Waals surface area contributed by atoms with Crippen LogP contribution in [0.3, 0.4) is 0 Å². The van der Waals surface area contributed by atoms with Crippen LogP contribution in [0.2, 0.25) is 0 Å². The van der Waals surface area contributed by atoms with E-state index in [9.17, 15) is 5.11 Å². The zero-order chi connectivity index (χ0) is 14.6. The van der Waals surface area contributed by atoms with Gasteiger partial charge in [0.25, 0.3) is 0 Å². The maximum Gasteiger partial charge on any atom is 0.225 e. The molecule has 0 amide bonds. The maximum atomic E-state index is 9.94. The van der Waals surface area contributed by atoms with Crippen molar-refractivity contribution in [1.82, 2.24) is 9.97 Å². The summed E-state index contributed by atoms with van der Waals surface area (Å²) in [7, 11) is 0. The molecule has 1 aromatic rings. The van der Waals surface area contributed by atoms with E-state index < -0.39 is 5.60 Å². The summed E-state index contributed by atoms with van der Waals surface area (Å²) in [5.74, 6) is 2.08. The van der Waals surface area contributed by atoms with Crippen LogP contribution >= 0.6 is 0 Å². The highest BCUT2D eigenvalue weighted by atomic mass is 16.5. The first-order chi connectivity index (χ1) is 9.46. The lowest BCUT2D eigenvalue weighted by Gasteiger charge is -2.35. The number of nitrogens with zero attached hydrogens (tertiary/aromatic N) is 3. The molecule has 0 spiro atoms. The van der Waals surface area contributed by atoms with E-state index in [1.165, 1.54) is 0 Å². The van der Waals surface area contributed by atoms with Gasteiger partial charge >= 0.3 is 0 Å². The standard InChI is InChI=1S/C15H25N3O2/c1-12(2)4-9-20-13-10-16-14(17-11-13)18-7-5-15(3,19)6-8-18/h10-12,19H,4-9H2,1-3H3. The van der Waals surface area contributed by atoms with Crippen LogP contribution in [-0.2, 0) is 0 Å². The van der Waals surface area contributed by atoms with Crippen LogP contribution in [0.1, 0.15) is 40.0 Å². The summed E-state index contributed by atoms with van der Waals surface area (Å²) >= 11 is 0. The van der Waals surface area contributed by atoms with Crippen LogP contribution in [0.15, 0.2) is 12.4 Å². The van der Waals surface area contributed by atoms with E-state index >= 15 is 0 Å². The molecule has 112 valence electrons. The number of hydrogen-bond acceptors (Lipinski definition) is 5. The highest BCUT2D eigenvalue weighted by Crippen LogP contribution is 2.24. The van der Waals surface area contributed by atoms with Gasteiger partial charge in [-0.25, -0.2) is 9.97 Å². The zero-order valence-corrected chi connectivity index (χ0v) is 12.7. The Bertz CT molecular complexity index is 408. The SMILES string of the molecule is CC(C)CCOc1cnc(N2CCC(C)(O)CC2)nc1. The summed E-state index contributed by atoms with van der Waals surface area (Å²) in [6.45, 7) is 8.52. The molecule has 0 saturated carbocycles. The minimum absolute atomic E-state index is 0.545. The van der Waals surface area contributed by atoms with Crippen LogP contribution in [0, 0.1) is 5.92 Å². The lowest BCUT2D eigenvalue weighted by Crippen LogP contribution is -2.43. The Hall–Kier alpha value is -1.36. The number of anilines is 1. The van der Waals surface area contributed by atoms with Crippen molar-refractivity contribution in [3.05, 3.63) is 12.4 Å². The molecular formula is C15H25N3O2. The third-order valence-electron chi connectivity index (χ3n) is 3.70. The van der Waals surface area contributed by atoms with Crippen LogP contribution in [-0.4, -0.2) is 40.4 Å². The molecule has 1 N–H and O–H groups in total. The molecule has 2 heterocycles. The second-order valence-corrected chi connectivity index (χ2v) is 6.23. The molecule has 2 rings (SSSR count). The molecule has 5 heteroatoms. The Morgan fingerprint density at radius 3 is 2.45 bits per heavy atom. The molecule has 0 bridgehead atoms. The largest absolute Gasteiger partial charge is 0.490 e. The molecule has 0 radical (unpaired) electrons. The summed E-state index contributed by atoms with van der Waals surface area (Å²) in [5, 5.41) is 9.94. The summed E-state index contributed by atoms with van der Waals surface area (Å²) in [5.41, 5.74) is -0.545. The van der Waals surface area contributed by atoms with Crippen LogP contribution in [0.25, 0.3) is 0 Å². The van der Waals surface area contributed by atoms with Gasteiger partial charge in [0.05, 0.1) is 24.6 Å². The molecule has 1 saturated heterocycles. The fourth-order valence-electron chi connectivity index (χ4n) is 2.15. The zero-order valence-electron chi connectivity index (χ0n) is 12.7. The van der Waals surface area contributed by atoms with Gasteiger partial charge in [0.15, 0.2) is 5.75 Å². The van der Waals surface area contributed by atoms with Gasteiger partial charge in [0, 0.05) is 13.1 Å². The van der Waals surface area contributed by atoms with E-state index in [1.54, 1.807) is 12.4 Å². The third-order valence-corrected chi connectivity index (χ3v) is 3.70. The minimum Gasteiger partial charge on any atom is -0.490 e. The van der Waals surface area contributed by atoms with Crippen LogP contribution < -0.4 is 9.64 Å². The van der Waals surface area contributed by atoms with Crippen molar-refractivity contribution in [2.24, 2.45) is 5.92 Å². The molecule has 1 aliphatic rings. The van der Waals surface area contributed by atoms with Crippen molar-refractivity contribution in [3.63, 3.8) is 0 Å². The molecule has 0 unspecified atom stereocenters. The highest BCUT2D eigenvalue weighted by molar-refractivity contribution is 5.32. The second-order valence-electron chi connectivity index (χ2n) is 6.23. The molecule has 1 fully saturated rings. The Morgan fingerprint density at radius 1 is 1.30 bits per heavy atom. The van der Waals surface area contributed by atoms with E-state index in [2.05, 4.69) is 28.7 Å². The summed E-state index contributed by atoms with van der Waals surface area (Å²) < 4.78 is 5.61. The topological polar surface area (TPSA) is 58.5 Å². The third kappa shape index (κ3) is 4.34. The summed E-state index contributed by atoms with van der Waals surface area (Å²) in [4.78, 5) is 10.8. The minimum atomic E-state index is -0.545. The molecular weight excluding hydrogens is 254 g/mol. The van der Waals surface area contributed by atoms with Crippen molar-refractivity contribution < 1.29 is 9.84 Å². The van der Waals surface area contributed by atoms with Crippen molar-refractivity contribution in [2.75, 3.05) is 24.6 Å². The smallest absolute Gasteiger partial charge is 0.225 e. The lowest BCUT2D eigenvalue weighted by molar-refractivity contribution is 0.0348. The van der Waals surface area contributed by atoms with E-state index in [0.717, 1.165) is 44.0 Å². The molecule has 1 aromatic heterocycles. The number of hydrogen-bond donors (Lipinski definition) is 1. The van der Waals surface area contributed by atoms with Gasteiger partial charge in [0.2, 0.25) is 5.95 Å². The molecule has 0 atom stereocenters. The monoisotopic (exact) mass is 279 g/mol. The summed E-state index contributed by atoms with van der Waals surface area (Å²) in [6.07, 6.45) is 6.00. The molecule has 20 heavy (non-hydrogen) atoms. The molecule has 1 aliphatic heterocycles. The van der Waals surface area contributed by atoms with Gasteiger partial charge in [-0.1, -0.05) is 13.8 Å². The predicted octanol–water partition coefficient (Wildman–Crippen LogP) is 2.25. The first-order valence-corrected chi connectivity index (χ1v) is 7.38. The van der Waals surface area contributed by atoms with Crippen molar-refractivity contribution >= 4 is 5.95 Å². The number of aromatic nitrogens is 2. The van der Waals surface area contributed by atoms with Gasteiger partial charge in [-0.2, -0.15) is 0 Å². The van der Waals surface area contributed by atoms with Crippen molar-refractivity contribution in [3.8, 4) is 5.75 Å². The van der Waals surface area contributed by atoms with Gasteiger partial charge in [-0.05, 0) is 32.1 Å². The maximum absolute atomic E-state index is 9.94. The number of aliphatic hydroxyl groups is 1. The normalized spacial score (nSPS) is 18.4. The quantitative estimate of drug-likeness (QED) is 0.896. The predicted molar refractivity (Wildman–Crippen MR) is 79.1 cm³/mol. The number of ether oxygens (including phenoxy) is 1. The van der Waals surface area contributed by atoms with E-state index in [0.29, 0.717) is 12.5 Å². The first-order valence-electron chi connectivity index (χ1n) is 7.38. The first kappa shape index (κ1) is 15.0. The number of piperidine rings is 1. The van der Waals surface area contributed by atoms with Crippen molar-refractivity contribution in [1.29, 1.82) is 0 Å². The fraction of sp³-hybridized carbons (Fsp3) is 0.733. The molecule has 0 aromatic carbocycles. The second kappa shape index (κ2) is 6.39. The Morgan fingerprint density at radius 2 is 1.90 bits per heavy atom. The fourth-order valence-corrected chi connectivity index (χ4v) is 2.15. The van der Waals surface area contributed by atoms with Crippen LogP contribution in [0.5, 0.6) is 5.75 Å². The van der Waals surface area contributed by atoms with Gasteiger partial charge in [-0.3, -0.25) is 0 Å². The highest BCUT2D eigenvalue weighted by Gasteiger charge is 2.28. The van der Waals surface area contributed by atoms with E-state index in [-0.39, 0.29) is 0 Å². The van der Waals surface area contributed by atoms with Crippen molar-refractivity contribution in [2.45, 2.75) is 45.6 Å². The Labute approximate surface area is 121 Å². The lowest BCUT2D eigenvalue weighted by atomic mass is 9.94. The van der Waals surface area contributed by atoms with Crippen LogP contribution in [0.4, 0.5) is 5.95 Å². The van der Waals surface area contributed by atoms with Gasteiger partial charge < -0.3 is 14.7 Å². The van der Waals surface area contributed by atoms with Gasteiger partial charge in [-0.15, -0.1) is 0 Å². The summed E-state index contributed by atoms with van der Waals surface area (Å²) in [6, 6.07) is 0. The Balaban J connectivity index is 1.85.